The van der Waals surface area contributed by atoms with Gasteiger partial charge in [0.2, 0.25) is 0 Å². The maximum Gasteiger partial charge on any atom is 0.329 e. The van der Waals surface area contributed by atoms with E-state index in [0.29, 0.717) is 25.7 Å². The van der Waals surface area contributed by atoms with E-state index in [0.717, 1.165) is 71.0 Å². The lowest BCUT2D eigenvalue weighted by Crippen LogP contribution is -2.53. The van der Waals surface area contributed by atoms with Crippen molar-refractivity contribution in [2.24, 2.45) is 0 Å². The summed E-state index contributed by atoms with van der Waals surface area (Å²) < 4.78 is 23.1. The molecule has 1 aliphatic heterocycles. The molecule has 0 spiro atoms. The van der Waals surface area contributed by atoms with Gasteiger partial charge in [-0.15, -0.1) is 0 Å². The molecule has 1 rings (SSSR count). The van der Waals surface area contributed by atoms with E-state index < -0.39 is 96.1 Å². The molecular weight excluding hydrogens is 776 g/mol. The van der Waals surface area contributed by atoms with Gasteiger partial charge in [-0.3, -0.25) is 19.2 Å². The van der Waals surface area contributed by atoms with Crippen LogP contribution < -0.4 is 0 Å². The molecule has 344 valence electrons. The van der Waals surface area contributed by atoms with Crippen molar-refractivity contribution in [1.82, 2.24) is 19.6 Å². The summed E-state index contributed by atoms with van der Waals surface area (Å²) >= 11 is 0. The van der Waals surface area contributed by atoms with Crippen LogP contribution in [0.2, 0.25) is 0 Å². The zero-order valence-corrected chi connectivity index (χ0v) is 38.6. The summed E-state index contributed by atoms with van der Waals surface area (Å²) in [6.45, 7) is 13.7. The second-order valence-electron chi connectivity index (χ2n) is 16.2. The molecule has 16 heteroatoms. The average molecular weight is 853 g/mol. The van der Waals surface area contributed by atoms with Crippen LogP contribution in [0, 0.1) is 0 Å². The number of nitrogens with zero attached hydrogens (tertiary/aromatic N) is 4. The van der Waals surface area contributed by atoms with Gasteiger partial charge >= 0.3 is 23.9 Å². The molecule has 0 N–H and O–H groups in total. The van der Waals surface area contributed by atoms with Gasteiger partial charge < -0.3 is 38.5 Å². The number of hydrogen-bond acceptors (Lipinski definition) is 12. The summed E-state index contributed by atoms with van der Waals surface area (Å²) in [5.41, 5.74) is 0. The minimum absolute atomic E-state index is 0.145. The van der Waals surface area contributed by atoms with Crippen molar-refractivity contribution in [2.45, 2.75) is 207 Å². The van der Waals surface area contributed by atoms with Crippen molar-refractivity contribution in [3.8, 4) is 0 Å². The number of esters is 4. The fourth-order valence-electron chi connectivity index (χ4n) is 6.51. The maximum atomic E-state index is 14.0. The molecule has 8 unspecified atom stereocenters. The lowest BCUT2D eigenvalue weighted by Gasteiger charge is -2.33. The molecule has 0 bridgehead atoms. The topological polar surface area (TPSA) is 186 Å². The zero-order valence-electron chi connectivity index (χ0n) is 38.6. The Labute approximate surface area is 358 Å². The largest absolute Gasteiger partial charge is 0.451 e. The highest BCUT2D eigenvalue weighted by molar-refractivity contribution is 5.94. The van der Waals surface area contributed by atoms with Gasteiger partial charge in [0.25, 0.3) is 23.6 Å². The summed E-state index contributed by atoms with van der Waals surface area (Å²) in [6, 6.07) is -4.84. The van der Waals surface area contributed by atoms with E-state index in [9.17, 15) is 38.4 Å². The first-order chi connectivity index (χ1) is 28.3. The summed E-state index contributed by atoms with van der Waals surface area (Å²) in [5, 5.41) is 0. The van der Waals surface area contributed by atoms with Crippen LogP contribution in [0.4, 0.5) is 0 Å². The van der Waals surface area contributed by atoms with E-state index >= 15 is 0 Å². The monoisotopic (exact) mass is 853 g/mol. The third-order valence-corrected chi connectivity index (χ3v) is 11.5. The molecule has 0 radical (unpaired) electrons. The predicted molar refractivity (Wildman–Crippen MR) is 225 cm³/mol. The number of ether oxygens (including phenoxy) is 4. The van der Waals surface area contributed by atoms with Crippen LogP contribution in [0.15, 0.2) is 0 Å². The Morgan fingerprint density at radius 3 is 0.650 bits per heavy atom. The number of likely N-dealkylation sites (N-methyl/N-ethyl adjacent to an activating group) is 4. The van der Waals surface area contributed by atoms with E-state index in [1.165, 1.54) is 55.9 Å². The molecule has 0 aromatic carbocycles. The van der Waals surface area contributed by atoms with Crippen LogP contribution in [-0.4, -0.2) is 144 Å². The second-order valence-corrected chi connectivity index (χ2v) is 16.2. The molecule has 60 heavy (non-hydrogen) atoms. The predicted octanol–water partition coefficient (Wildman–Crippen LogP) is 5.36. The summed E-state index contributed by atoms with van der Waals surface area (Å²) in [4.78, 5) is 115. The summed E-state index contributed by atoms with van der Waals surface area (Å²) in [7, 11) is 5.51. The number of cyclic esters (lactones) is 4. The summed E-state index contributed by atoms with van der Waals surface area (Å²) in [6.07, 6.45) is 3.70. The Morgan fingerprint density at radius 1 is 0.333 bits per heavy atom. The number of rotatable bonds is 16. The first kappa shape index (κ1) is 53.8. The number of unbranched alkanes of at least 4 members (excludes halogenated alkanes) is 8. The van der Waals surface area contributed by atoms with Crippen molar-refractivity contribution in [3.63, 3.8) is 0 Å². The quantitative estimate of drug-likeness (QED) is 0.110. The Kier molecular flexibility index (Phi) is 24.7. The molecule has 1 fully saturated rings. The summed E-state index contributed by atoms with van der Waals surface area (Å²) in [5.74, 6) is -6.19. The first-order valence-corrected chi connectivity index (χ1v) is 22.2. The number of carbonyl (C=O) groups excluding carboxylic acids is 8. The van der Waals surface area contributed by atoms with Gasteiger partial charge in [-0.25, -0.2) is 19.2 Å². The number of amides is 4. The molecule has 0 aromatic rings. The van der Waals surface area contributed by atoms with Gasteiger partial charge in [0, 0.05) is 28.2 Å². The number of carbonyl (C=O) groups is 8. The standard InChI is InChI=1S/C44H76N4O12/c1-13-17-21-25-33-37(49)45(9)30(6)42(54)58-35(27-23-19-15-3)39(51)47(11)32(8)44(56)60-36(28-24-20-16-4)40(52)48(12)31(7)43(55)59-34(26-22-18-14-2)38(50)46(10)29(5)41(53)57-33/h29-36H,13-28H2,1-12H3. The van der Waals surface area contributed by atoms with Crippen molar-refractivity contribution < 1.29 is 57.3 Å². The van der Waals surface area contributed by atoms with Gasteiger partial charge in [0.05, 0.1) is 0 Å². The first-order valence-electron chi connectivity index (χ1n) is 22.2. The zero-order chi connectivity index (χ0) is 45.7. The van der Waals surface area contributed by atoms with E-state index in [4.69, 9.17) is 18.9 Å². The van der Waals surface area contributed by atoms with E-state index in [1.54, 1.807) is 0 Å². The van der Waals surface area contributed by atoms with Gasteiger partial charge in [0.1, 0.15) is 24.2 Å². The molecule has 8 atom stereocenters. The lowest BCUT2D eigenvalue weighted by atomic mass is 10.1. The molecule has 4 amide bonds. The van der Waals surface area contributed by atoms with Crippen LogP contribution in [-0.2, 0) is 57.3 Å². The highest BCUT2D eigenvalue weighted by Gasteiger charge is 2.40. The van der Waals surface area contributed by atoms with Crippen LogP contribution in [0.3, 0.4) is 0 Å². The van der Waals surface area contributed by atoms with Gasteiger partial charge in [-0.05, 0) is 79.1 Å². The van der Waals surface area contributed by atoms with Crippen LogP contribution in [0.25, 0.3) is 0 Å². The molecule has 0 aromatic heterocycles. The average Bonchev–Trinajstić information content (AvgIpc) is 3.23. The third kappa shape index (κ3) is 16.3. The van der Waals surface area contributed by atoms with E-state index in [1.807, 2.05) is 27.7 Å². The Morgan fingerprint density at radius 2 is 0.500 bits per heavy atom. The second kappa shape index (κ2) is 27.6. The normalized spacial score (nSPS) is 26.7. The van der Waals surface area contributed by atoms with Crippen LogP contribution >= 0.6 is 0 Å². The highest BCUT2D eigenvalue weighted by atomic mass is 16.6. The van der Waals surface area contributed by atoms with Gasteiger partial charge in [-0.2, -0.15) is 0 Å². The molecular formula is C44H76N4O12. The molecule has 1 saturated heterocycles. The van der Waals surface area contributed by atoms with Crippen LogP contribution in [0.5, 0.6) is 0 Å². The fraction of sp³-hybridized carbons (Fsp3) is 0.818. The number of hydrogen-bond donors (Lipinski definition) is 0. The lowest BCUT2D eigenvalue weighted by molar-refractivity contribution is -0.176. The minimum Gasteiger partial charge on any atom is -0.451 e. The van der Waals surface area contributed by atoms with Gasteiger partial charge in [-0.1, -0.05) is 79.1 Å². The van der Waals surface area contributed by atoms with Crippen molar-refractivity contribution in [2.75, 3.05) is 28.2 Å². The van der Waals surface area contributed by atoms with Crippen molar-refractivity contribution >= 4 is 47.5 Å². The Bertz CT molecular complexity index is 1220. The Hall–Kier alpha value is -4.24. The minimum atomic E-state index is -1.31. The van der Waals surface area contributed by atoms with Crippen molar-refractivity contribution in [1.29, 1.82) is 0 Å². The smallest absolute Gasteiger partial charge is 0.329 e. The molecule has 16 nitrogen and oxygen atoms in total. The van der Waals surface area contributed by atoms with E-state index in [-0.39, 0.29) is 25.7 Å². The SMILES string of the molecule is CCCCCC1OC(=O)C(C)N(C)C(=O)C(CCCCC)OC(=O)C(C)N(C)C(=O)C(CCCCC)OC(=O)C(C)N(C)C(=O)C(CCCCC)OC(=O)C(C)N(C)C1=O. The Balaban J connectivity index is 3.81. The molecule has 0 aliphatic carbocycles. The van der Waals surface area contributed by atoms with E-state index in [2.05, 4.69) is 0 Å². The maximum absolute atomic E-state index is 14.0. The molecule has 1 aliphatic rings. The van der Waals surface area contributed by atoms with Crippen molar-refractivity contribution in [3.05, 3.63) is 0 Å². The van der Waals surface area contributed by atoms with Crippen LogP contribution in [0.1, 0.15) is 158 Å². The van der Waals surface area contributed by atoms with Gasteiger partial charge in [0.15, 0.2) is 24.4 Å². The third-order valence-electron chi connectivity index (χ3n) is 11.5. The fourth-order valence-corrected chi connectivity index (χ4v) is 6.51. The molecule has 1 heterocycles. The highest BCUT2D eigenvalue weighted by Crippen LogP contribution is 2.21. The molecule has 0 saturated carbocycles.